The molecule has 0 aliphatic carbocycles. The van der Waals surface area contributed by atoms with E-state index in [0.29, 0.717) is 12.3 Å². The number of amidine groups is 1. The van der Waals surface area contributed by atoms with Crippen molar-refractivity contribution in [2.24, 2.45) is 0 Å². The Hall–Kier alpha value is -1.79. The van der Waals surface area contributed by atoms with Crippen molar-refractivity contribution in [3.8, 4) is 0 Å². The molecule has 0 atom stereocenters. The summed E-state index contributed by atoms with van der Waals surface area (Å²) < 4.78 is 1.29. The van der Waals surface area contributed by atoms with Gasteiger partial charge < -0.3 is 5.32 Å². The summed E-state index contributed by atoms with van der Waals surface area (Å²) in [5.41, 5.74) is 2.02. The molecule has 1 aromatic carbocycles. The van der Waals surface area contributed by atoms with Crippen LogP contribution in [-0.4, -0.2) is 27.3 Å². The number of halogens is 1. The van der Waals surface area contributed by atoms with Crippen LogP contribution in [0.25, 0.3) is 0 Å². The monoisotopic (exact) mass is 305 g/mol. The summed E-state index contributed by atoms with van der Waals surface area (Å²) in [4.78, 5) is 9.67. The maximum absolute atomic E-state index is 7.78. The average molecular weight is 306 g/mol. The van der Waals surface area contributed by atoms with E-state index in [4.69, 9.17) is 17.2 Å². The van der Waals surface area contributed by atoms with Gasteiger partial charge in [-0.3, -0.25) is 9.83 Å². The van der Waals surface area contributed by atoms with Crippen LogP contribution < -0.4 is 5.32 Å². The Labute approximate surface area is 126 Å². The Morgan fingerprint density at radius 2 is 2.20 bits per heavy atom. The zero-order valence-electron chi connectivity index (χ0n) is 10.7. The fourth-order valence-electron chi connectivity index (χ4n) is 1.89. The van der Waals surface area contributed by atoms with Crippen LogP contribution in [-0.2, 0) is 6.42 Å². The number of rotatable bonds is 2. The second-order valence-corrected chi connectivity index (χ2v) is 5.91. The van der Waals surface area contributed by atoms with Crippen LogP contribution in [0.5, 0.6) is 0 Å². The molecule has 0 amide bonds. The Kier molecular flexibility index (Phi) is 3.50. The Balaban J connectivity index is 1.86. The van der Waals surface area contributed by atoms with Gasteiger partial charge in [-0.05, 0) is 17.7 Å². The number of nitrogens with one attached hydrogen (secondary N) is 2. The molecule has 1 aromatic heterocycles. The number of aromatic nitrogens is 2. The highest BCUT2D eigenvalue weighted by Crippen LogP contribution is 2.42. The van der Waals surface area contributed by atoms with E-state index in [-0.39, 0.29) is 0 Å². The summed E-state index contributed by atoms with van der Waals surface area (Å²) in [6, 6.07) is 6.06. The molecule has 5 nitrogen and oxygen atoms in total. The summed E-state index contributed by atoms with van der Waals surface area (Å²) in [7, 11) is 1.65. The highest BCUT2D eigenvalue weighted by molar-refractivity contribution is 7.99. The molecule has 2 N–H and O–H groups in total. The van der Waals surface area contributed by atoms with Crippen LogP contribution in [0, 0.1) is 5.41 Å². The van der Waals surface area contributed by atoms with E-state index in [9.17, 15) is 0 Å². The number of hydrogen-bond donors (Lipinski definition) is 2. The van der Waals surface area contributed by atoms with Crippen molar-refractivity contribution in [3.63, 3.8) is 0 Å². The first-order chi connectivity index (χ1) is 9.63. The summed E-state index contributed by atoms with van der Waals surface area (Å²) in [6.07, 6.45) is 3.84. The molecule has 2 heterocycles. The molecule has 0 bridgehead atoms. The smallest absolute Gasteiger partial charge is 0.163 e. The third-order valence-electron chi connectivity index (χ3n) is 2.91. The van der Waals surface area contributed by atoms with Gasteiger partial charge in [0.25, 0.3) is 0 Å². The van der Waals surface area contributed by atoms with Crippen molar-refractivity contribution in [2.45, 2.75) is 16.3 Å². The fourth-order valence-corrected chi connectivity index (χ4v) is 2.83. The number of nitrogens with zero attached hydrogens (tertiary/aromatic N) is 3. The fraction of sp³-hybridized carbons (Fsp3) is 0.154. The van der Waals surface area contributed by atoms with Crippen LogP contribution >= 0.6 is 23.5 Å². The van der Waals surface area contributed by atoms with Crippen molar-refractivity contribution in [3.05, 3.63) is 36.2 Å². The minimum Gasteiger partial charge on any atom is -0.337 e. The van der Waals surface area contributed by atoms with Gasteiger partial charge in [0, 0.05) is 42.5 Å². The third-order valence-corrected chi connectivity index (χ3v) is 4.18. The second kappa shape index (κ2) is 5.30. The van der Waals surface area contributed by atoms with E-state index in [0.717, 1.165) is 27.0 Å². The lowest BCUT2D eigenvalue weighted by molar-refractivity contribution is 0.788. The topological polar surface area (TPSA) is 64.9 Å². The lowest BCUT2D eigenvalue weighted by Crippen LogP contribution is -2.17. The molecule has 7 heteroatoms. The number of hydrogen-bond acceptors (Lipinski definition) is 5. The number of anilines is 2. The van der Waals surface area contributed by atoms with E-state index < -0.39 is 0 Å². The van der Waals surface area contributed by atoms with Gasteiger partial charge >= 0.3 is 0 Å². The molecule has 0 saturated heterocycles. The SMILES string of the molecule is CN(Cl)C(=N)Cc1ccc2c(c1)Nc1nccnc1S2. The van der Waals surface area contributed by atoms with Crippen molar-refractivity contribution < 1.29 is 0 Å². The van der Waals surface area contributed by atoms with Gasteiger partial charge in [0.15, 0.2) is 5.82 Å². The van der Waals surface area contributed by atoms with Crippen LogP contribution in [0.1, 0.15) is 5.56 Å². The van der Waals surface area contributed by atoms with Crippen molar-refractivity contribution in [1.82, 2.24) is 14.4 Å². The molecule has 1 aliphatic rings. The number of likely N-dealkylation sites (N-methyl/N-ethyl adjacent to an activating group) is 1. The van der Waals surface area contributed by atoms with Crippen molar-refractivity contribution in [1.29, 1.82) is 5.41 Å². The van der Waals surface area contributed by atoms with Gasteiger partial charge in [0.1, 0.15) is 10.9 Å². The standard InChI is InChI=1S/C13H12ClN5S/c1-19(14)11(15)7-8-2-3-10-9(6-8)18-12-13(20-10)17-5-4-16-12/h2-6,15H,7H2,1H3,(H,16,18). The zero-order valence-corrected chi connectivity index (χ0v) is 12.3. The molecule has 1 aliphatic heterocycles. The zero-order chi connectivity index (χ0) is 14.1. The quantitative estimate of drug-likeness (QED) is 0.432. The highest BCUT2D eigenvalue weighted by Gasteiger charge is 2.18. The third kappa shape index (κ3) is 2.57. The normalized spacial score (nSPS) is 12.1. The van der Waals surface area contributed by atoms with Gasteiger partial charge in [-0.25, -0.2) is 9.97 Å². The van der Waals surface area contributed by atoms with E-state index in [1.54, 1.807) is 31.2 Å². The number of fused-ring (bicyclic) bond motifs is 2. The molecule has 102 valence electrons. The minimum absolute atomic E-state index is 0.357. The van der Waals surface area contributed by atoms with Crippen molar-refractivity contribution >= 4 is 40.9 Å². The van der Waals surface area contributed by atoms with Gasteiger partial charge in [-0.15, -0.1) is 0 Å². The summed E-state index contributed by atoms with van der Waals surface area (Å²) in [5.74, 6) is 1.13. The molecule has 2 aromatic rings. The number of benzene rings is 1. The Morgan fingerprint density at radius 1 is 1.40 bits per heavy atom. The molecule has 20 heavy (non-hydrogen) atoms. The maximum atomic E-state index is 7.78. The van der Waals surface area contributed by atoms with Gasteiger partial charge in [-0.2, -0.15) is 0 Å². The summed E-state index contributed by atoms with van der Waals surface area (Å²) >= 11 is 7.35. The van der Waals surface area contributed by atoms with E-state index >= 15 is 0 Å². The minimum atomic E-state index is 0.357. The van der Waals surface area contributed by atoms with Gasteiger partial charge in [0.05, 0.1) is 5.69 Å². The Bertz CT molecular complexity index is 674. The first-order valence-electron chi connectivity index (χ1n) is 5.99. The predicted octanol–water partition coefficient (Wildman–Crippen LogP) is 3.29. The maximum Gasteiger partial charge on any atom is 0.163 e. The molecule has 3 rings (SSSR count). The Morgan fingerprint density at radius 3 is 3.00 bits per heavy atom. The van der Waals surface area contributed by atoms with E-state index in [2.05, 4.69) is 15.3 Å². The lowest BCUT2D eigenvalue weighted by Gasteiger charge is -2.19. The van der Waals surface area contributed by atoms with E-state index in [1.807, 2.05) is 18.2 Å². The van der Waals surface area contributed by atoms with E-state index in [1.165, 1.54) is 4.42 Å². The van der Waals surface area contributed by atoms with Crippen LogP contribution in [0.2, 0.25) is 0 Å². The molecule has 0 unspecified atom stereocenters. The molecule has 0 spiro atoms. The molecule has 0 fully saturated rings. The molecule has 0 radical (unpaired) electrons. The first-order valence-corrected chi connectivity index (χ1v) is 7.14. The highest BCUT2D eigenvalue weighted by atomic mass is 35.5. The van der Waals surface area contributed by atoms with Gasteiger partial charge in [-0.1, -0.05) is 17.8 Å². The molecular weight excluding hydrogens is 294 g/mol. The first kappa shape index (κ1) is 13.2. The predicted molar refractivity (Wildman–Crippen MR) is 80.9 cm³/mol. The summed E-state index contributed by atoms with van der Waals surface area (Å²) in [5, 5.41) is 11.9. The second-order valence-electron chi connectivity index (χ2n) is 4.37. The van der Waals surface area contributed by atoms with Crippen LogP contribution in [0.15, 0.2) is 40.5 Å². The molecular formula is C13H12ClN5S. The largest absolute Gasteiger partial charge is 0.337 e. The van der Waals surface area contributed by atoms with Crippen molar-refractivity contribution in [2.75, 3.05) is 12.4 Å². The van der Waals surface area contributed by atoms with Crippen LogP contribution in [0.4, 0.5) is 11.5 Å². The van der Waals surface area contributed by atoms with Gasteiger partial charge in [0.2, 0.25) is 0 Å². The lowest BCUT2D eigenvalue weighted by atomic mass is 10.1. The van der Waals surface area contributed by atoms with Crippen LogP contribution in [0.3, 0.4) is 0 Å². The summed E-state index contributed by atoms with van der Waals surface area (Å²) in [6.45, 7) is 0. The average Bonchev–Trinajstić information content (AvgIpc) is 2.45. The molecule has 0 saturated carbocycles.